The number of hydrogen-bond acceptors (Lipinski definition) is 1. The summed E-state index contributed by atoms with van der Waals surface area (Å²) < 4.78 is 1.84. The van der Waals surface area contributed by atoms with Crippen LogP contribution < -0.4 is 5.20 Å². The molecule has 1 aromatic rings. The van der Waals surface area contributed by atoms with Gasteiger partial charge in [-0.2, -0.15) is 0 Å². The van der Waals surface area contributed by atoms with Crippen LogP contribution in [0.5, 0.6) is 0 Å². The second kappa shape index (κ2) is 1.99. The highest BCUT2D eigenvalue weighted by Gasteiger charge is 1.73. The van der Waals surface area contributed by atoms with E-state index in [0.717, 1.165) is 0 Å². The molecule has 1 heterocycles. The molecular weight excluding hydrogens is 107 g/mol. The van der Waals surface area contributed by atoms with Gasteiger partial charge in [0.05, 0.1) is 0 Å². The molecule has 0 saturated carbocycles. The van der Waals surface area contributed by atoms with Gasteiger partial charge in [0.15, 0.2) is 0 Å². The number of hydrogen-bond donors (Lipinski definition) is 1. The Bertz CT molecular complexity index is 124. The minimum atomic E-state index is 1.84. The SMILES string of the molecule is PNn1cccc1. The standard InChI is InChI=1S/C4H7N2P/c7-5-6-3-1-2-4-6/h1-5H,7H2. The highest BCUT2D eigenvalue weighted by atomic mass is 31.0. The maximum atomic E-state index is 2.84. The second-order valence-electron chi connectivity index (χ2n) is 1.22. The molecule has 0 radical (unpaired) electrons. The lowest BCUT2D eigenvalue weighted by atomic mass is 10.7. The summed E-state index contributed by atoms with van der Waals surface area (Å²) in [6.45, 7) is 0. The number of nitrogens with one attached hydrogen (secondary N) is 1. The van der Waals surface area contributed by atoms with E-state index in [1.807, 2.05) is 29.2 Å². The van der Waals surface area contributed by atoms with E-state index >= 15 is 0 Å². The summed E-state index contributed by atoms with van der Waals surface area (Å²) in [6, 6.07) is 3.91. The maximum Gasteiger partial charge on any atom is 0.0261 e. The van der Waals surface area contributed by atoms with Crippen LogP contribution >= 0.6 is 9.39 Å². The van der Waals surface area contributed by atoms with Crippen molar-refractivity contribution in [3.8, 4) is 0 Å². The van der Waals surface area contributed by atoms with Crippen LogP contribution in [0, 0.1) is 0 Å². The molecule has 0 amide bonds. The monoisotopic (exact) mass is 114 g/mol. The first-order valence-corrected chi connectivity index (χ1v) is 2.61. The molecule has 0 aromatic carbocycles. The second-order valence-corrected chi connectivity index (χ2v) is 1.48. The third-order valence-electron chi connectivity index (χ3n) is 0.754. The van der Waals surface area contributed by atoms with E-state index in [1.165, 1.54) is 0 Å². The van der Waals surface area contributed by atoms with E-state index in [4.69, 9.17) is 0 Å². The summed E-state index contributed by atoms with van der Waals surface area (Å²) in [6.07, 6.45) is 3.85. The van der Waals surface area contributed by atoms with E-state index in [1.54, 1.807) is 0 Å². The zero-order chi connectivity index (χ0) is 5.11. The first-order chi connectivity index (χ1) is 3.43. The topological polar surface area (TPSA) is 17.0 Å². The van der Waals surface area contributed by atoms with Gasteiger partial charge >= 0.3 is 0 Å². The minimum Gasteiger partial charge on any atom is -0.312 e. The summed E-state index contributed by atoms with van der Waals surface area (Å²) in [7, 11) is 2.40. The molecule has 0 spiro atoms. The van der Waals surface area contributed by atoms with Gasteiger partial charge in [0.1, 0.15) is 0 Å². The van der Waals surface area contributed by atoms with Crippen LogP contribution in [-0.2, 0) is 0 Å². The number of aromatic nitrogens is 1. The molecule has 0 aliphatic rings. The van der Waals surface area contributed by atoms with Crippen molar-refractivity contribution in [2.24, 2.45) is 0 Å². The Kier molecular flexibility index (Phi) is 1.32. The zero-order valence-corrected chi connectivity index (χ0v) is 4.99. The predicted octanol–water partition coefficient (Wildman–Crippen LogP) is 0.822. The van der Waals surface area contributed by atoms with Crippen LogP contribution in [0.4, 0.5) is 0 Å². The molecule has 2 nitrogen and oxygen atoms in total. The molecule has 0 bridgehead atoms. The van der Waals surface area contributed by atoms with Gasteiger partial charge in [-0.3, -0.25) is 4.68 Å². The molecule has 0 fully saturated rings. The lowest BCUT2D eigenvalue weighted by Gasteiger charge is -1.94. The summed E-state index contributed by atoms with van der Waals surface area (Å²) in [5.41, 5.74) is 0. The van der Waals surface area contributed by atoms with Crippen LogP contribution in [0.15, 0.2) is 24.5 Å². The molecule has 38 valence electrons. The van der Waals surface area contributed by atoms with Crippen LogP contribution in [0.25, 0.3) is 0 Å². The summed E-state index contributed by atoms with van der Waals surface area (Å²) >= 11 is 0. The van der Waals surface area contributed by atoms with Gasteiger partial charge in [-0.25, -0.2) is 0 Å². The van der Waals surface area contributed by atoms with Crippen molar-refractivity contribution in [3.05, 3.63) is 24.5 Å². The summed E-state index contributed by atoms with van der Waals surface area (Å²) in [4.78, 5) is 0. The Hall–Kier alpha value is -0.490. The van der Waals surface area contributed by atoms with Gasteiger partial charge in [0, 0.05) is 12.4 Å². The first-order valence-electron chi connectivity index (χ1n) is 2.03. The first kappa shape index (κ1) is 4.66. The molecule has 1 rings (SSSR count). The lowest BCUT2D eigenvalue weighted by Crippen LogP contribution is -1.95. The fourth-order valence-electron chi connectivity index (χ4n) is 0.421. The van der Waals surface area contributed by atoms with Gasteiger partial charge in [-0.1, -0.05) is 0 Å². The van der Waals surface area contributed by atoms with Crippen molar-refractivity contribution < 1.29 is 0 Å². The molecule has 1 N–H and O–H groups in total. The third-order valence-corrected chi connectivity index (χ3v) is 1.05. The Balaban J connectivity index is 2.76. The van der Waals surface area contributed by atoms with E-state index in [0.29, 0.717) is 0 Å². The minimum absolute atomic E-state index is 1.84. The summed E-state index contributed by atoms with van der Waals surface area (Å²) in [5, 5.41) is 2.84. The van der Waals surface area contributed by atoms with E-state index in [2.05, 4.69) is 14.6 Å². The molecule has 0 aliphatic carbocycles. The molecule has 3 heteroatoms. The van der Waals surface area contributed by atoms with Crippen molar-refractivity contribution >= 4 is 9.39 Å². The van der Waals surface area contributed by atoms with Crippen LogP contribution in [0.1, 0.15) is 0 Å². The molecular formula is C4H7N2P. The largest absolute Gasteiger partial charge is 0.312 e. The van der Waals surface area contributed by atoms with Gasteiger partial charge in [-0.05, 0) is 21.5 Å². The normalized spacial score (nSPS) is 8.71. The van der Waals surface area contributed by atoms with Crippen LogP contribution in [0.3, 0.4) is 0 Å². The Morgan fingerprint density at radius 2 is 1.86 bits per heavy atom. The highest BCUT2D eigenvalue weighted by Crippen LogP contribution is 1.85. The van der Waals surface area contributed by atoms with Crippen LogP contribution in [-0.4, -0.2) is 4.68 Å². The lowest BCUT2D eigenvalue weighted by molar-refractivity contribution is 1.02. The average Bonchev–Trinajstić information content (AvgIpc) is 2.14. The molecule has 1 atom stereocenters. The van der Waals surface area contributed by atoms with Gasteiger partial charge in [0.2, 0.25) is 0 Å². The smallest absolute Gasteiger partial charge is 0.0261 e. The Morgan fingerprint density at radius 3 is 2.14 bits per heavy atom. The third kappa shape index (κ3) is 0.937. The average molecular weight is 114 g/mol. The van der Waals surface area contributed by atoms with E-state index in [9.17, 15) is 0 Å². The molecule has 0 aliphatic heterocycles. The molecule has 0 saturated heterocycles. The van der Waals surface area contributed by atoms with Gasteiger partial charge in [-0.15, -0.1) is 0 Å². The van der Waals surface area contributed by atoms with Crippen molar-refractivity contribution in [1.29, 1.82) is 0 Å². The van der Waals surface area contributed by atoms with Crippen molar-refractivity contribution in [2.75, 3.05) is 5.20 Å². The van der Waals surface area contributed by atoms with Crippen LogP contribution in [0.2, 0.25) is 0 Å². The molecule has 1 aromatic heterocycles. The van der Waals surface area contributed by atoms with Gasteiger partial charge < -0.3 is 5.20 Å². The highest BCUT2D eigenvalue weighted by molar-refractivity contribution is 7.17. The van der Waals surface area contributed by atoms with Crippen molar-refractivity contribution in [2.45, 2.75) is 0 Å². The summed E-state index contributed by atoms with van der Waals surface area (Å²) in [5.74, 6) is 0. The fraction of sp³-hybridized carbons (Fsp3) is 0. The molecule has 1 unspecified atom stereocenters. The molecule has 7 heavy (non-hydrogen) atoms. The van der Waals surface area contributed by atoms with Gasteiger partial charge in [0.25, 0.3) is 0 Å². The number of nitrogens with zero attached hydrogens (tertiary/aromatic N) is 1. The Morgan fingerprint density at radius 1 is 1.29 bits per heavy atom. The zero-order valence-electron chi connectivity index (χ0n) is 3.83. The van der Waals surface area contributed by atoms with E-state index in [-0.39, 0.29) is 0 Å². The predicted molar refractivity (Wildman–Crippen MR) is 33.5 cm³/mol. The maximum absolute atomic E-state index is 2.84. The Labute approximate surface area is 44.8 Å². The fourth-order valence-corrected chi connectivity index (χ4v) is 0.593. The van der Waals surface area contributed by atoms with Crippen molar-refractivity contribution in [3.63, 3.8) is 0 Å². The van der Waals surface area contributed by atoms with Crippen molar-refractivity contribution in [1.82, 2.24) is 4.68 Å². The number of rotatable bonds is 1. The quantitative estimate of drug-likeness (QED) is 0.535. The van der Waals surface area contributed by atoms with E-state index < -0.39 is 0 Å².